The van der Waals surface area contributed by atoms with Gasteiger partial charge in [0.15, 0.2) is 5.78 Å². The lowest BCUT2D eigenvalue weighted by Crippen LogP contribution is -2.26. The van der Waals surface area contributed by atoms with Gasteiger partial charge < -0.3 is 4.74 Å². The number of hydrogen-bond acceptors (Lipinski definition) is 4. The fourth-order valence-electron chi connectivity index (χ4n) is 3.13. The van der Waals surface area contributed by atoms with Gasteiger partial charge in [0.25, 0.3) is 0 Å². The number of aromatic nitrogens is 2. The molecule has 0 N–H and O–H groups in total. The highest BCUT2D eigenvalue weighted by atomic mass is 35.5. The quantitative estimate of drug-likeness (QED) is 0.741. The van der Waals surface area contributed by atoms with Crippen molar-refractivity contribution in [1.82, 2.24) is 9.97 Å². The molecule has 0 bridgehead atoms. The highest BCUT2D eigenvalue weighted by Gasteiger charge is 2.25. The number of aryl methyl sites for hydroxylation is 1. The highest BCUT2D eigenvalue weighted by Crippen LogP contribution is 2.32. The Balaban J connectivity index is 1.51. The molecule has 4 nitrogen and oxygen atoms in total. The van der Waals surface area contributed by atoms with Gasteiger partial charge in [0.05, 0.1) is 5.69 Å². The molecule has 2 aromatic rings. The Morgan fingerprint density at radius 2 is 1.88 bits per heavy atom. The molecule has 0 unspecified atom stereocenters. The molecule has 0 amide bonds. The number of benzene rings is 1. The first-order valence-electron chi connectivity index (χ1n) is 8.35. The van der Waals surface area contributed by atoms with Gasteiger partial charge in [-0.2, -0.15) is 0 Å². The molecule has 1 heterocycles. The third kappa shape index (κ3) is 4.12. The SMILES string of the molecule is Cc1ncnc(OC2CCC(CC(=O)c3ccccc3)CC2)c1Cl. The fourth-order valence-corrected chi connectivity index (χ4v) is 3.28. The zero-order valence-corrected chi connectivity index (χ0v) is 14.5. The van der Waals surface area contributed by atoms with Crippen LogP contribution in [-0.4, -0.2) is 21.9 Å². The summed E-state index contributed by atoms with van der Waals surface area (Å²) < 4.78 is 5.94. The van der Waals surface area contributed by atoms with Gasteiger partial charge in [-0.15, -0.1) is 0 Å². The normalized spacial score (nSPS) is 20.6. The second-order valence-corrected chi connectivity index (χ2v) is 6.71. The Morgan fingerprint density at radius 3 is 2.58 bits per heavy atom. The zero-order chi connectivity index (χ0) is 16.9. The van der Waals surface area contributed by atoms with Gasteiger partial charge in [0, 0.05) is 12.0 Å². The van der Waals surface area contributed by atoms with Crippen molar-refractivity contribution in [2.24, 2.45) is 5.92 Å². The summed E-state index contributed by atoms with van der Waals surface area (Å²) in [7, 11) is 0. The van der Waals surface area contributed by atoms with Crippen LogP contribution in [-0.2, 0) is 0 Å². The van der Waals surface area contributed by atoms with E-state index in [0.29, 0.717) is 23.2 Å². The van der Waals surface area contributed by atoms with Crippen molar-refractivity contribution in [2.45, 2.75) is 45.1 Å². The maximum absolute atomic E-state index is 12.3. The average Bonchev–Trinajstić information content (AvgIpc) is 2.61. The smallest absolute Gasteiger partial charge is 0.236 e. The van der Waals surface area contributed by atoms with E-state index in [2.05, 4.69) is 9.97 Å². The second kappa shape index (κ2) is 7.75. The Morgan fingerprint density at radius 1 is 1.17 bits per heavy atom. The van der Waals surface area contributed by atoms with E-state index in [4.69, 9.17) is 16.3 Å². The Bertz CT molecular complexity index is 698. The summed E-state index contributed by atoms with van der Waals surface area (Å²) in [6.45, 7) is 1.84. The Kier molecular flexibility index (Phi) is 5.46. The second-order valence-electron chi connectivity index (χ2n) is 6.33. The summed E-state index contributed by atoms with van der Waals surface area (Å²) in [6.07, 6.45) is 6.03. The van der Waals surface area contributed by atoms with E-state index in [0.717, 1.165) is 36.9 Å². The summed E-state index contributed by atoms with van der Waals surface area (Å²) >= 11 is 6.18. The molecule has 0 atom stereocenters. The van der Waals surface area contributed by atoms with Gasteiger partial charge >= 0.3 is 0 Å². The van der Waals surface area contributed by atoms with Crippen LogP contribution >= 0.6 is 11.6 Å². The Hall–Kier alpha value is -1.94. The average molecular weight is 345 g/mol. The molecule has 1 aromatic heterocycles. The van der Waals surface area contributed by atoms with Gasteiger partial charge in [-0.1, -0.05) is 41.9 Å². The van der Waals surface area contributed by atoms with Crippen LogP contribution in [0, 0.1) is 12.8 Å². The lowest BCUT2D eigenvalue weighted by atomic mass is 9.83. The van der Waals surface area contributed by atoms with Crippen molar-refractivity contribution in [2.75, 3.05) is 0 Å². The van der Waals surface area contributed by atoms with E-state index in [1.165, 1.54) is 6.33 Å². The van der Waals surface area contributed by atoms with Crippen LogP contribution in [0.15, 0.2) is 36.7 Å². The molecule has 3 rings (SSSR count). The lowest BCUT2D eigenvalue weighted by Gasteiger charge is -2.28. The highest BCUT2D eigenvalue weighted by molar-refractivity contribution is 6.32. The van der Waals surface area contributed by atoms with Gasteiger partial charge in [-0.25, -0.2) is 9.97 Å². The van der Waals surface area contributed by atoms with Crippen molar-refractivity contribution in [3.63, 3.8) is 0 Å². The molecule has 0 aliphatic heterocycles. The van der Waals surface area contributed by atoms with Crippen LogP contribution in [0.1, 0.15) is 48.2 Å². The van der Waals surface area contributed by atoms with Crippen LogP contribution in [0.25, 0.3) is 0 Å². The fraction of sp³-hybridized carbons (Fsp3) is 0.421. The number of hydrogen-bond donors (Lipinski definition) is 0. The summed E-state index contributed by atoms with van der Waals surface area (Å²) in [5, 5.41) is 0.485. The van der Waals surface area contributed by atoms with E-state index in [9.17, 15) is 4.79 Å². The van der Waals surface area contributed by atoms with Crippen molar-refractivity contribution < 1.29 is 9.53 Å². The molecule has 1 aliphatic carbocycles. The largest absolute Gasteiger partial charge is 0.473 e. The minimum Gasteiger partial charge on any atom is -0.473 e. The first-order chi connectivity index (χ1) is 11.6. The third-order valence-electron chi connectivity index (χ3n) is 4.57. The lowest BCUT2D eigenvalue weighted by molar-refractivity contribution is 0.0896. The number of nitrogens with zero attached hydrogens (tertiary/aromatic N) is 2. The summed E-state index contributed by atoms with van der Waals surface area (Å²) in [5.41, 5.74) is 1.53. The Labute approximate surface area is 147 Å². The molecule has 0 spiro atoms. The number of carbonyl (C=O) groups excluding carboxylic acids is 1. The van der Waals surface area contributed by atoms with E-state index < -0.39 is 0 Å². The summed E-state index contributed by atoms with van der Waals surface area (Å²) in [4.78, 5) is 20.5. The molecule has 24 heavy (non-hydrogen) atoms. The first kappa shape index (κ1) is 16.9. The molecule has 1 fully saturated rings. The topological polar surface area (TPSA) is 52.1 Å². The predicted octanol–water partition coefficient (Wildman–Crippen LogP) is 4.65. The van der Waals surface area contributed by atoms with E-state index in [1.54, 1.807) is 0 Å². The van der Waals surface area contributed by atoms with Gasteiger partial charge in [-0.3, -0.25) is 4.79 Å². The molecule has 1 aromatic carbocycles. The van der Waals surface area contributed by atoms with Gasteiger partial charge in [0.2, 0.25) is 5.88 Å². The first-order valence-corrected chi connectivity index (χ1v) is 8.73. The maximum Gasteiger partial charge on any atom is 0.236 e. The van der Waals surface area contributed by atoms with Crippen LogP contribution in [0.4, 0.5) is 0 Å². The maximum atomic E-state index is 12.3. The number of ketones is 1. The molecule has 1 saturated carbocycles. The molecule has 0 radical (unpaired) electrons. The van der Waals surface area contributed by atoms with Crippen molar-refractivity contribution in [1.29, 1.82) is 0 Å². The minimum atomic E-state index is 0.111. The molecule has 1 aliphatic rings. The number of Topliss-reactive ketones (excluding diaryl/α,β-unsaturated/α-hetero) is 1. The van der Waals surface area contributed by atoms with Crippen LogP contribution < -0.4 is 4.74 Å². The summed E-state index contributed by atoms with van der Waals surface area (Å²) in [5.74, 6) is 1.13. The van der Waals surface area contributed by atoms with Crippen LogP contribution in [0.5, 0.6) is 5.88 Å². The van der Waals surface area contributed by atoms with Crippen LogP contribution in [0.3, 0.4) is 0 Å². The third-order valence-corrected chi connectivity index (χ3v) is 5.01. The predicted molar refractivity (Wildman–Crippen MR) is 93.5 cm³/mol. The van der Waals surface area contributed by atoms with E-state index >= 15 is 0 Å². The molecular weight excluding hydrogens is 324 g/mol. The standard InChI is InChI=1S/C19H21ClN2O2/c1-13-18(20)19(22-12-21-13)24-16-9-7-14(8-10-16)11-17(23)15-5-3-2-4-6-15/h2-6,12,14,16H,7-11H2,1H3. The van der Waals surface area contributed by atoms with Crippen molar-refractivity contribution in [3.8, 4) is 5.88 Å². The molecule has 0 saturated heterocycles. The van der Waals surface area contributed by atoms with Crippen molar-refractivity contribution in [3.05, 3.63) is 52.9 Å². The minimum absolute atomic E-state index is 0.111. The summed E-state index contributed by atoms with van der Waals surface area (Å²) in [6, 6.07) is 9.52. The molecular formula is C19H21ClN2O2. The van der Waals surface area contributed by atoms with Gasteiger partial charge in [0.1, 0.15) is 17.5 Å². The van der Waals surface area contributed by atoms with Crippen LogP contribution in [0.2, 0.25) is 5.02 Å². The number of ether oxygens (including phenoxy) is 1. The monoisotopic (exact) mass is 344 g/mol. The number of rotatable bonds is 5. The molecule has 5 heteroatoms. The zero-order valence-electron chi connectivity index (χ0n) is 13.7. The number of carbonyl (C=O) groups is 1. The van der Waals surface area contributed by atoms with Gasteiger partial charge in [-0.05, 0) is 38.5 Å². The van der Waals surface area contributed by atoms with Crippen molar-refractivity contribution >= 4 is 17.4 Å². The van der Waals surface area contributed by atoms with E-state index in [-0.39, 0.29) is 11.9 Å². The number of halogens is 1. The van der Waals surface area contributed by atoms with E-state index in [1.807, 2.05) is 37.3 Å². The molecule has 126 valence electrons.